The van der Waals surface area contributed by atoms with Crippen LogP contribution in [0.25, 0.3) is 0 Å². The third-order valence-corrected chi connectivity index (χ3v) is 2.58. The number of halogens is 2. The van der Waals surface area contributed by atoms with Gasteiger partial charge in [0.15, 0.2) is 5.69 Å². The Bertz CT molecular complexity index is 570. The maximum atomic E-state index is 13.0. The van der Waals surface area contributed by atoms with Crippen molar-refractivity contribution in [2.45, 2.75) is 0 Å². The van der Waals surface area contributed by atoms with Crippen LogP contribution in [-0.2, 0) is 0 Å². The minimum atomic E-state index is -1.19. The SMILES string of the molecule is O=C(O)c1coc(Nc2cc(F)ccc2Br)n1. The van der Waals surface area contributed by atoms with Crippen LogP contribution in [0.15, 0.2) is 33.4 Å². The number of carbonyl (C=O) groups is 1. The summed E-state index contributed by atoms with van der Waals surface area (Å²) in [5.41, 5.74) is 0.170. The molecule has 0 amide bonds. The summed E-state index contributed by atoms with van der Waals surface area (Å²) in [6.07, 6.45) is 0.998. The van der Waals surface area contributed by atoms with Gasteiger partial charge in [0, 0.05) is 4.47 Å². The van der Waals surface area contributed by atoms with E-state index in [2.05, 4.69) is 26.2 Å². The number of aromatic nitrogens is 1. The zero-order chi connectivity index (χ0) is 12.4. The van der Waals surface area contributed by atoms with Gasteiger partial charge in [-0.15, -0.1) is 0 Å². The monoisotopic (exact) mass is 300 g/mol. The van der Waals surface area contributed by atoms with Crippen molar-refractivity contribution < 1.29 is 18.7 Å². The van der Waals surface area contributed by atoms with Gasteiger partial charge in [-0.1, -0.05) is 0 Å². The highest BCUT2D eigenvalue weighted by atomic mass is 79.9. The Balaban J connectivity index is 2.25. The molecule has 0 saturated heterocycles. The first-order valence-electron chi connectivity index (χ1n) is 4.47. The molecule has 0 atom stereocenters. The summed E-state index contributed by atoms with van der Waals surface area (Å²) in [6, 6.07) is 4.01. The normalized spacial score (nSPS) is 10.2. The van der Waals surface area contributed by atoms with Gasteiger partial charge < -0.3 is 14.8 Å². The fourth-order valence-corrected chi connectivity index (χ4v) is 1.48. The van der Waals surface area contributed by atoms with Crippen LogP contribution in [0.4, 0.5) is 16.1 Å². The Morgan fingerprint density at radius 2 is 2.29 bits per heavy atom. The van der Waals surface area contributed by atoms with Gasteiger partial charge in [0.05, 0.1) is 5.69 Å². The standard InChI is InChI=1S/C10H6BrFN2O3/c11-6-2-1-5(12)3-7(6)13-10-14-8(4-17-10)9(15)16/h1-4H,(H,13,14)(H,15,16). The lowest BCUT2D eigenvalue weighted by atomic mass is 10.3. The second kappa shape index (κ2) is 4.54. The number of hydrogen-bond donors (Lipinski definition) is 2. The van der Waals surface area contributed by atoms with Crippen molar-refractivity contribution in [3.8, 4) is 0 Å². The Kier molecular flexibility index (Phi) is 3.10. The molecule has 0 bridgehead atoms. The number of anilines is 2. The number of rotatable bonds is 3. The molecule has 1 aromatic heterocycles. The van der Waals surface area contributed by atoms with Gasteiger partial charge in [0.1, 0.15) is 12.1 Å². The van der Waals surface area contributed by atoms with Crippen molar-refractivity contribution in [3.63, 3.8) is 0 Å². The van der Waals surface area contributed by atoms with Crippen molar-refractivity contribution in [2.75, 3.05) is 5.32 Å². The summed E-state index contributed by atoms with van der Waals surface area (Å²) in [5.74, 6) is -1.62. The molecule has 7 heteroatoms. The molecule has 1 aromatic carbocycles. The molecule has 2 rings (SSSR count). The van der Waals surface area contributed by atoms with E-state index in [1.165, 1.54) is 18.2 Å². The zero-order valence-electron chi connectivity index (χ0n) is 8.28. The smallest absolute Gasteiger partial charge is 0.357 e. The van der Waals surface area contributed by atoms with E-state index in [1.807, 2.05) is 0 Å². The summed E-state index contributed by atoms with van der Waals surface area (Å²) in [5, 5.41) is 11.3. The maximum absolute atomic E-state index is 13.0. The van der Waals surface area contributed by atoms with Crippen molar-refractivity contribution >= 4 is 33.6 Å². The first-order valence-corrected chi connectivity index (χ1v) is 5.26. The molecule has 88 valence electrons. The van der Waals surface area contributed by atoms with Crippen molar-refractivity contribution in [1.82, 2.24) is 4.98 Å². The van der Waals surface area contributed by atoms with Crippen LogP contribution in [0.2, 0.25) is 0 Å². The molecular weight excluding hydrogens is 295 g/mol. The van der Waals surface area contributed by atoms with E-state index in [0.29, 0.717) is 10.2 Å². The minimum Gasteiger partial charge on any atom is -0.476 e. The van der Waals surface area contributed by atoms with Crippen LogP contribution in [0.1, 0.15) is 10.5 Å². The van der Waals surface area contributed by atoms with Crippen molar-refractivity contribution in [1.29, 1.82) is 0 Å². The zero-order valence-corrected chi connectivity index (χ0v) is 9.86. The largest absolute Gasteiger partial charge is 0.476 e. The lowest BCUT2D eigenvalue weighted by molar-refractivity contribution is 0.0690. The lowest BCUT2D eigenvalue weighted by Gasteiger charge is -2.03. The Morgan fingerprint density at radius 3 is 2.94 bits per heavy atom. The number of nitrogens with one attached hydrogen (secondary N) is 1. The first kappa shape index (κ1) is 11.6. The van der Waals surface area contributed by atoms with Gasteiger partial charge in [0.2, 0.25) is 0 Å². The average Bonchev–Trinajstić information content (AvgIpc) is 2.72. The Labute approximate surface area is 103 Å². The number of nitrogens with zero attached hydrogens (tertiary/aromatic N) is 1. The molecule has 0 fully saturated rings. The number of oxazole rings is 1. The molecule has 17 heavy (non-hydrogen) atoms. The second-order valence-corrected chi connectivity index (χ2v) is 3.95. The summed E-state index contributed by atoms with van der Waals surface area (Å²) in [6.45, 7) is 0. The Morgan fingerprint density at radius 1 is 1.53 bits per heavy atom. The molecule has 0 unspecified atom stereocenters. The number of aromatic carboxylic acids is 1. The van der Waals surface area contributed by atoms with Gasteiger partial charge in [-0.2, -0.15) is 4.98 Å². The van der Waals surface area contributed by atoms with E-state index in [0.717, 1.165) is 6.26 Å². The molecule has 2 N–H and O–H groups in total. The number of hydrogen-bond acceptors (Lipinski definition) is 4. The van der Waals surface area contributed by atoms with E-state index in [4.69, 9.17) is 9.52 Å². The van der Waals surface area contributed by atoms with E-state index in [9.17, 15) is 9.18 Å². The van der Waals surface area contributed by atoms with Gasteiger partial charge in [-0.3, -0.25) is 0 Å². The second-order valence-electron chi connectivity index (χ2n) is 3.09. The molecule has 0 aliphatic carbocycles. The highest BCUT2D eigenvalue weighted by Gasteiger charge is 2.11. The van der Waals surface area contributed by atoms with Gasteiger partial charge in [-0.05, 0) is 34.1 Å². The molecule has 0 saturated carbocycles. The highest BCUT2D eigenvalue weighted by Crippen LogP contribution is 2.26. The van der Waals surface area contributed by atoms with E-state index < -0.39 is 11.8 Å². The van der Waals surface area contributed by atoms with Crippen LogP contribution in [-0.4, -0.2) is 16.1 Å². The van der Waals surface area contributed by atoms with Crippen LogP contribution in [0, 0.1) is 5.82 Å². The highest BCUT2D eigenvalue weighted by molar-refractivity contribution is 9.10. The van der Waals surface area contributed by atoms with Crippen LogP contribution in [0.5, 0.6) is 0 Å². The molecular formula is C10H6BrFN2O3. The van der Waals surface area contributed by atoms with Crippen LogP contribution < -0.4 is 5.32 Å². The average molecular weight is 301 g/mol. The van der Waals surface area contributed by atoms with E-state index in [1.54, 1.807) is 0 Å². The molecule has 0 spiro atoms. The van der Waals surface area contributed by atoms with Gasteiger partial charge >= 0.3 is 5.97 Å². The molecule has 0 aliphatic heterocycles. The lowest BCUT2D eigenvalue weighted by Crippen LogP contribution is -1.97. The first-order chi connectivity index (χ1) is 8.06. The number of carboxylic acid groups (broad SMARTS) is 1. The number of carboxylic acids is 1. The topological polar surface area (TPSA) is 75.4 Å². The maximum Gasteiger partial charge on any atom is 0.357 e. The predicted molar refractivity (Wildman–Crippen MR) is 60.8 cm³/mol. The quantitative estimate of drug-likeness (QED) is 0.911. The van der Waals surface area contributed by atoms with E-state index in [-0.39, 0.29) is 11.7 Å². The minimum absolute atomic E-state index is 0.0197. The van der Waals surface area contributed by atoms with Crippen molar-refractivity contribution in [3.05, 3.63) is 40.4 Å². The molecule has 2 aromatic rings. The summed E-state index contributed by atoms with van der Waals surface area (Å²) in [4.78, 5) is 14.2. The third-order valence-electron chi connectivity index (χ3n) is 1.89. The van der Waals surface area contributed by atoms with E-state index >= 15 is 0 Å². The Hall–Kier alpha value is -1.89. The van der Waals surface area contributed by atoms with Crippen LogP contribution >= 0.6 is 15.9 Å². The number of benzene rings is 1. The van der Waals surface area contributed by atoms with Gasteiger partial charge in [0.25, 0.3) is 6.01 Å². The third kappa shape index (κ3) is 2.62. The molecule has 0 aliphatic rings. The fraction of sp³-hybridized carbons (Fsp3) is 0. The summed E-state index contributed by atoms with van der Waals surface area (Å²) < 4.78 is 18.5. The molecule has 0 radical (unpaired) electrons. The fourth-order valence-electron chi connectivity index (χ4n) is 1.14. The van der Waals surface area contributed by atoms with Gasteiger partial charge in [-0.25, -0.2) is 9.18 Å². The molecule has 5 nitrogen and oxygen atoms in total. The summed E-state index contributed by atoms with van der Waals surface area (Å²) in [7, 11) is 0. The van der Waals surface area contributed by atoms with Crippen LogP contribution in [0.3, 0.4) is 0 Å². The molecule has 1 heterocycles. The predicted octanol–water partition coefficient (Wildman–Crippen LogP) is 3.02. The van der Waals surface area contributed by atoms with Crippen molar-refractivity contribution in [2.24, 2.45) is 0 Å². The summed E-state index contributed by atoms with van der Waals surface area (Å²) >= 11 is 3.21.